The molecule has 1 aliphatic heterocycles. The van der Waals surface area contributed by atoms with E-state index in [2.05, 4.69) is 16.9 Å². The number of fused-ring (bicyclic) bond motifs is 1. The van der Waals surface area contributed by atoms with Crippen LogP contribution < -0.4 is 19.1 Å². The van der Waals surface area contributed by atoms with E-state index in [1.807, 2.05) is 41.3 Å². The molecule has 208 valence electrons. The summed E-state index contributed by atoms with van der Waals surface area (Å²) in [7, 11) is 8.34. The van der Waals surface area contributed by atoms with E-state index in [0.29, 0.717) is 39.7 Å². The number of hydrogen-bond donors (Lipinski definition) is 1. The van der Waals surface area contributed by atoms with Crippen LogP contribution in [0.4, 0.5) is 5.69 Å². The van der Waals surface area contributed by atoms with Crippen molar-refractivity contribution in [2.45, 2.75) is 0 Å². The molecule has 0 radical (unpaired) electrons. The molecule has 1 N–H and O–H groups in total. The highest BCUT2D eigenvalue weighted by molar-refractivity contribution is 6.07. The van der Waals surface area contributed by atoms with Crippen molar-refractivity contribution >= 4 is 28.5 Å². The number of hydrogen-bond acceptors (Lipinski definition) is 7. The van der Waals surface area contributed by atoms with Crippen LogP contribution in [0.5, 0.6) is 17.2 Å². The smallest absolute Gasteiger partial charge is 0.274 e. The number of nitrogens with zero attached hydrogens (tertiary/aromatic N) is 4. The molecule has 2 aromatic carbocycles. The molecule has 1 aliphatic rings. The lowest BCUT2D eigenvalue weighted by molar-refractivity contribution is 0.0664. The average Bonchev–Trinajstić information content (AvgIpc) is 3.43. The van der Waals surface area contributed by atoms with Gasteiger partial charge in [-0.15, -0.1) is 0 Å². The van der Waals surface area contributed by atoms with Crippen LogP contribution in [-0.2, 0) is 0 Å². The van der Waals surface area contributed by atoms with E-state index in [9.17, 15) is 9.59 Å². The molecule has 10 nitrogen and oxygen atoms in total. The molecule has 2 aromatic heterocycles. The number of pyridine rings is 1. The maximum atomic E-state index is 13.4. The van der Waals surface area contributed by atoms with Crippen molar-refractivity contribution in [2.75, 3.05) is 66.5 Å². The summed E-state index contributed by atoms with van der Waals surface area (Å²) >= 11 is 0. The summed E-state index contributed by atoms with van der Waals surface area (Å²) in [5, 5.41) is 0. The van der Waals surface area contributed by atoms with E-state index < -0.39 is 0 Å². The molecule has 0 bridgehead atoms. The third-order valence-corrected chi connectivity index (χ3v) is 7.27. The van der Waals surface area contributed by atoms with Crippen molar-refractivity contribution in [3.8, 4) is 28.5 Å². The SMILES string of the molecule is COc1cc(N(C)C(=O)c2cc3nc(-c4ccc(C(=O)N5CCN(C)CC5)cc4)ccc3[nH]2)cc(OC)c1OC. The summed E-state index contributed by atoms with van der Waals surface area (Å²) in [6, 6.07) is 16.5. The predicted molar refractivity (Wildman–Crippen MR) is 154 cm³/mol. The van der Waals surface area contributed by atoms with Crippen LogP contribution in [0, 0.1) is 0 Å². The number of methoxy groups -OCH3 is 3. The van der Waals surface area contributed by atoms with Crippen molar-refractivity contribution < 1.29 is 23.8 Å². The number of piperazine rings is 1. The number of likely N-dealkylation sites (N-methyl/N-ethyl adjacent to an activating group) is 1. The Morgan fingerprint density at radius 2 is 1.52 bits per heavy atom. The molecule has 3 heterocycles. The molecule has 40 heavy (non-hydrogen) atoms. The number of aromatic amines is 1. The normalized spacial score (nSPS) is 13.8. The van der Waals surface area contributed by atoms with Crippen LogP contribution in [0.3, 0.4) is 0 Å². The number of carbonyl (C=O) groups is 2. The number of amides is 2. The number of nitrogens with one attached hydrogen (secondary N) is 1. The van der Waals surface area contributed by atoms with E-state index in [1.165, 1.54) is 26.2 Å². The Hall–Kier alpha value is -4.57. The van der Waals surface area contributed by atoms with Gasteiger partial charge in [0.2, 0.25) is 5.75 Å². The second-order valence-electron chi connectivity index (χ2n) is 9.73. The van der Waals surface area contributed by atoms with Gasteiger partial charge in [-0.2, -0.15) is 0 Å². The first-order valence-electron chi connectivity index (χ1n) is 13.0. The van der Waals surface area contributed by atoms with E-state index in [0.717, 1.165) is 43.0 Å². The standard InChI is InChI=1S/C30H33N5O5/c1-33-12-14-35(15-13-33)29(36)20-8-6-19(7-9-20)22-10-11-23-24(31-22)18-25(32-23)30(37)34(2)21-16-26(38-3)28(40-5)27(17-21)39-4/h6-11,16-18,32H,12-15H2,1-5H3. The molecule has 0 unspecified atom stereocenters. The summed E-state index contributed by atoms with van der Waals surface area (Å²) in [5.74, 6) is 1.16. The minimum absolute atomic E-state index is 0.0491. The fourth-order valence-corrected chi connectivity index (χ4v) is 4.82. The number of rotatable bonds is 7. The Labute approximate surface area is 233 Å². The van der Waals surface area contributed by atoms with Crippen molar-refractivity contribution in [1.29, 1.82) is 0 Å². The molecule has 4 aromatic rings. The minimum atomic E-state index is -0.249. The highest BCUT2D eigenvalue weighted by Gasteiger charge is 2.22. The molecule has 1 fully saturated rings. The summed E-state index contributed by atoms with van der Waals surface area (Å²) in [6.45, 7) is 3.23. The van der Waals surface area contributed by atoms with Gasteiger partial charge < -0.3 is 33.9 Å². The Bertz CT molecular complexity index is 1520. The highest BCUT2D eigenvalue weighted by Crippen LogP contribution is 2.41. The topological polar surface area (TPSA) is 100 Å². The summed E-state index contributed by atoms with van der Waals surface area (Å²) in [4.78, 5) is 39.8. The first-order chi connectivity index (χ1) is 19.3. The fourth-order valence-electron chi connectivity index (χ4n) is 4.82. The quantitative estimate of drug-likeness (QED) is 0.377. The van der Waals surface area contributed by atoms with E-state index in [-0.39, 0.29) is 11.8 Å². The van der Waals surface area contributed by atoms with E-state index in [1.54, 1.807) is 25.2 Å². The molecule has 2 amide bonds. The molecule has 1 saturated heterocycles. The van der Waals surface area contributed by atoms with E-state index >= 15 is 0 Å². The third kappa shape index (κ3) is 5.17. The zero-order valence-corrected chi connectivity index (χ0v) is 23.4. The Balaban J connectivity index is 1.35. The number of H-pyrrole nitrogens is 1. The molecule has 0 aliphatic carbocycles. The first kappa shape index (κ1) is 27.0. The van der Waals surface area contributed by atoms with Crippen molar-refractivity contribution in [1.82, 2.24) is 19.8 Å². The number of anilines is 1. The van der Waals surface area contributed by atoms with Crippen LogP contribution in [0.15, 0.2) is 54.6 Å². The van der Waals surface area contributed by atoms with Crippen molar-refractivity contribution in [2.24, 2.45) is 0 Å². The van der Waals surface area contributed by atoms with Gasteiger partial charge in [0.15, 0.2) is 11.5 Å². The van der Waals surface area contributed by atoms with Crippen LogP contribution in [0.25, 0.3) is 22.3 Å². The predicted octanol–water partition coefficient (Wildman–Crippen LogP) is 3.92. The van der Waals surface area contributed by atoms with Crippen molar-refractivity contribution in [3.05, 3.63) is 65.9 Å². The fraction of sp³-hybridized carbons (Fsp3) is 0.300. The zero-order valence-electron chi connectivity index (χ0n) is 23.4. The van der Waals surface area contributed by atoms with Crippen LogP contribution in [-0.4, -0.2) is 93.2 Å². The number of ether oxygens (including phenoxy) is 3. The molecule has 10 heteroatoms. The maximum Gasteiger partial charge on any atom is 0.274 e. The summed E-state index contributed by atoms with van der Waals surface area (Å²) in [5.41, 5.74) is 4.69. The number of benzene rings is 2. The molecule has 0 spiro atoms. The Morgan fingerprint density at radius 1 is 0.875 bits per heavy atom. The Kier molecular flexibility index (Phi) is 7.61. The zero-order chi connectivity index (χ0) is 28.4. The van der Waals surface area contributed by atoms with Gasteiger partial charge >= 0.3 is 0 Å². The lowest BCUT2D eigenvalue weighted by atomic mass is 10.1. The van der Waals surface area contributed by atoms with Crippen LogP contribution in [0.1, 0.15) is 20.8 Å². The third-order valence-electron chi connectivity index (χ3n) is 7.27. The van der Waals surface area contributed by atoms with Crippen molar-refractivity contribution in [3.63, 3.8) is 0 Å². The van der Waals surface area contributed by atoms with Gasteiger partial charge in [-0.3, -0.25) is 9.59 Å². The highest BCUT2D eigenvalue weighted by atomic mass is 16.5. The lowest BCUT2D eigenvalue weighted by Crippen LogP contribution is -2.47. The molecule has 0 saturated carbocycles. The minimum Gasteiger partial charge on any atom is -0.493 e. The maximum absolute atomic E-state index is 13.4. The van der Waals surface area contributed by atoms with Gasteiger partial charge in [0.1, 0.15) is 5.69 Å². The lowest BCUT2D eigenvalue weighted by Gasteiger charge is -2.32. The average molecular weight is 544 g/mol. The second-order valence-corrected chi connectivity index (χ2v) is 9.73. The van der Waals surface area contributed by atoms with Gasteiger partial charge in [-0.05, 0) is 37.4 Å². The Morgan fingerprint density at radius 3 is 2.12 bits per heavy atom. The molecular weight excluding hydrogens is 510 g/mol. The monoisotopic (exact) mass is 543 g/mol. The molecule has 0 atom stereocenters. The second kappa shape index (κ2) is 11.3. The first-order valence-corrected chi connectivity index (χ1v) is 13.0. The number of carbonyl (C=O) groups excluding carboxylic acids is 2. The summed E-state index contributed by atoms with van der Waals surface area (Å²) < 4.78 is 16.2. The summed E-state index contributed by atoms with van der Waals surface area (Å²) in [6.07, 6.45) is 0. The number of aromatic nitrogens is 2. The molecule has 5 rings (SSSR count). The van der Waals surface area contributed by atoms with E-state index in [4.69, 9.17) is 19.2 Å². The largest absolute Gasteiger partial charge is 0.493 e. The van der Waals surface area contributed by atoms with Crippen LogP contribution in [0.2, 0.25) is 0 Å². The van der Waals surface area contributed by atoms with Gasteiger partial charge in [0.05, 0.1) is 43.7 Å². The van der Waals surface area contributed by atoms with Gasteiger partial charge in [0.25, 0.3) is 11.8 Å². The molecular formula is C30H33N5O5. The van der Waals surface area contributed by atoms with Gasteiger partial charge in [0, 0.05) is 56.5 Å². The van der Waals surface area contributed by atoms with Crippen LogP contribution >= 0.6 is 0 Å². The van der Waals surface area contributed by atoms with Gasteiger partial charge in [-0.1, -0.05) is 12.1 Å². The van der Waals surface area contributed by atoms with Gasteiger partial charge in [-0.25, -0.2) is 4.98 Å².